The van der Waals surface area contributed by atoms with Crippen molar-refractivity contribution in [3.63, 3.8) is 0 Å². The SMILES string of the molecule is CC1CC(C)CN(C(=O)N2CCC(C(=O)O)C2C)C1. The Morgan fingerprint density at radius 1 is 1.11 bits per heavy atom. The molecule has 19 heavy (non-hydrogen) atoms. The molecule has 5 nitrogen and oxygen atoms in total. The maximum absolute atomic E-state index is 12.5. The fraction of sp³-hybridized carbons (Fsp3) is 0.857. The highest BCUT2D eigenvalue weighted by Crippen LogP contribution is 2.28. The van der Waals surface area contributed by atoms with Gasteiger partial charge in [-0.05, 0) is 31.6 Å². The summed E-state index contributed by atoms with van der Waals surface area (Å²) < 4.78 is 0. The Kier molecular flexibility index (Phi) is 4.02. The summed E-state index contributed by atoms with van der Waals surface area (Å²) >= 11 is 0. The highest BCUT2D eigenvalue weighted by atomic mass is 16.4. The van der Waals surface area contributed by atoms with Crippen LogP contribution in [0.15, 0.2) is 0 Å². The van der Waals surface area contributed by atoms with Crippen molar-refractivity contribution >= 4 is 12.0 Å². The number of hydrogen-bond acceptors (Lipinski definition) is 2. The second-order valence-corrected chi connectivity index (χ2v) is 6.30. The Hall–Kier alpha value is -1.26. The third kappa shape index (κ3) is 2.85. The summed E-state index contributed by atoms with van der Waals surface area (Å²) in [5.74, 6) is -0.145. The summed E-state index contributed by atoms with van der Waals surface area (Å²) in [5, 5.41) is 9.13. The second-order valence-electron chi connectivity index (χ2n) is 6.30. The number of hydrogen-bond donors (Lipinski definition) is 1. The van der Waals surface area contributed by atoms with E-state index in [4.69, 9.17) is 5.11 Å². The number of piperidine rings is 1. The number of aliphatic carboxylic acids is 1. The van der Waals surface area contributed by atoms with Gasteiger partial charge in [0.2, 0.25) is 0 Å². The number of carboxylic acids is 1. The molecule has 2 heterocycles. The number of likely N-dealkylation sites (tertiary alicyclic amines) is 2. The number of urea groups is 1. The van der Waals surface area contributed by atoms with Gasteiger partial charge in [0, 0.05) is 25.7 Å². The van der Waals surface area contributed by atoms with Gasteiger partial charge in [0.1, 0.15) is 0 Å². The van der Waals surface area contributed by atoms with Crippen LogP contribution in [0.2, 0.25) is 0 Å². The molecule has 2 amide bonds. The molecule has 2 aliphatic rings. The third-order valence-corrected chi connectivity index (χ3v) is 4.46. The Bertz CT molecular complexity index is 362. The van der Waals surface area contributed by atoms with Crippen LogP contribution in [0, 0.1) is 17.8 Å². The predicted molar refractivity (Wildman–Crippen MR) is 71.8 cm³/mol. The van der Waals surface area contributed by atoms with Crippen molar-refractivity contribution in [3.8, 4) is 0 Å². The predicted octanol–water partition coefficient (Wildman–Crippen LogP) is 1.88. The smallest absolute Gasteiger partial charge is 0.320 e. The molecule has 0 aliphatic carbocycles. The highest BCUT2D eigenvalue weighted by molar-refractivity contribution is 5.78. The van der Waals surface area contributed by atoms with Gasteiger partial charge in [0.25, 0.3) is 0 Å². The van der Waals surface area contributed by atoms with Crippen LogP contribution >= 0.6 is 0 Å². The lowest BCUT2D eigenvalue weighted by atomic mass is 9.92. The summed E-state index contributed by atoms with van der Waals surface area (Å²) in [5.41, 5.74) is 0. The molecular formula is C14H24N2O3. The summed E-state index contributed by atoms with van der Waals surface area (Å²) in [6.07, 6.45) is 1.73. The summed E-state index contributed by atoms with van der Waals surface area (Å²) in [4.78, 5) is 27.3. The Morgan fingerprint density at radius 3 is 2.16 bits per heavy atom. The minimum atomic E-state index is -0.789. The van der Waals surface area contributed by atoms with E-state index in [0.29, 0.717) is 24.8 Å². The zero-order valence-electron chi connectivity index (χ0n) is 12.0. The van der Waals surface area contributed by atoms with Crippen LogP contribution in [-0.2, 0) is 4.79 Å². The zero-order valence-corrected chi connectivity index (χ0v) is 12.0. The first kappa shape index (κ1) is 14.2. The van der Waals surface area contributed by atoms with Crippen molar-refractivity contribution in [1.29, 1.82) is 0 Å². The molecule has 0 radical (unpaired) electrons. The average Bonchev–Trinajstić information content (AvgIpc) is 2.69. The Morgan fingerprint density at radius 2 is 1.68 bits per heavy atom. The van der Waals surface area contributed by atoms with Gasteiger partial charge in [-0.15, -0.1) is 0 Å². The fourth-order valence-corrected chi connectivity index (χ4v) is 3.54. The zero-order chi connectivity index (χ0) is 14.2. The van der Waals surface area contributed by atoms with Crippen LogP contribution in [0.4, 0.5) is 4.79 Å². The lowest BCUT2D eigenvalue weighted by molar-refractivity contribution is -0.142. The summed E-state index contributed by atoms with van der Waals surface area (Å²) in [6.45, 7) is 8.35. The molecule has 4 atom stereocenters. The van der Waals surface area contributed by atoms with Crippen molar-refractivity contribution in [3.05, 3.63) is 0 Å². The summed E-state index contributed by atoms with van der Waals surface area (Å²) in [7, 11) is 0. The maximum Gasteiger partial charge on any atom is 0.320 e. The minimum absolute atomic E-state index is 0.0228. The van der Waals surface area contributed by atoms with Crippen LogP contribution in [0.3, 0.4) is 0 Å². The minimum Gasteiger partial charge on any atom is -0.481 e. The Labute approximate surface area is 114 Å². The fourth-order valence-electron chi connectivity index (χ4n) is 3.54. The van der Waals surface area contributed by atoms with E-state index in [1.165, 1.54) is 0 Å². The van der Waals surface area contributed by atoms with Gasteiger partial charge in [-0.2, -0.15) is 0 Å². The van der Waals surface area contributed by atoms with Crippen LogP contribution in [-0.4, -0.2) is 52.6 Å². The number of rotatable bonds is 1. The highest BCUT2D eigenvalue weighted by Gasteiger charge is 2.40. The molecule has 2 fully saturated rings. The number of carbonyl (C=O) groups excluding carboxylic acids is 1. The van der Waals surface area contributed by atoms with E-state index in [2.05, 4.69) is 13.8 Å². The van der Waals surface area contributed by atoms with Crippen LogP contribution in [0.25, 0.3) is 0 Å². The largest absolute Gasteiger partial charge is 0.481 e. The van der Waals surface area contributed by atoms with E-state index in [9.17, 15) is 9.59 Å². The third-order valence-electron chi connectivity index (χ3n) is 4.46. The molecule has 0 aromatic rings. The lowest BCUT2D eigenvalue weighted by Gasteiger charge is -2.38. The topological polar surface area (TPSA) is 60.9 Å². The Balaban J connectivity index is 2.02. The molecular weight excluding hydrogens is 244 g/mol. The number of carboxylic acid groups (broad SMARTS) is 1. The van der Waals surface area contributed by atoms with Gasteiger partial charge in [0.15, 0.2) is 0 Å². The molecule has 0 aromatic carbocycles. The van der Waals surface area contributed by atoms with E-state index in [0.717, 1.165) is 19.5 Å². The van der Waals surface area contributed by atoms with Crippen molar-refractivity contribution in [2.24, 2.45) is 17.8 Å². The molecule has 5 heteroatoms. The van der Waals surface area contributed by atoms with E-state index in [1.807, 2.05) is 11.8 Å². The first-order valence-corrected chi connectivity index (χ1v) is 7.18. The van der Waals surface area contributed by atoms with Crippen molar-refractivity contribution in [2.45, 2.75) is 39.7 Å². The molecule has 0 spiro atoms. The number of carbonyl (C=O) groups is 2. The van der Waals surface area contributed by atoms with Crippen molar-refractivity contribution in [1.82, 2.24) is 9.80 Å². The average molecular weight is 268 g/mol. The molecule has 0 saturated carbocycles. The van der Waals surface area contributed by atoms with E-state index < -0.39 is 11.9 Å². The van der Waals surface area contributed by atoms with Gasteiger partial charge in [0.05, 0.1) is 5.92 Å². The van der Waals surface area contributed by atoms with Crippen LogP contribution < -0.4 is 0 Å². The van der Waals surface area contributed by atoms with Gasteiger partial charge in [-0.25, -0.2) is 4.79 Å². The molecule has 1 N–H and O–H groups in total. The number of amides is 2. The van der Waals surface area contributed by atoms with E-state index in [-0.39, 0.29) is 12.1 Å². The van der Waals surface area contributed by atoms with Gasteiger partial charge >= 0.3 is 12.0 Å². The van der Waals surface area contributed by atoms with E-state index in [1.54, 1.807) is 4.90 Å². The normalized spacial score (nSPS) is 35.5. The molecule has 0 aromatic heterocycles. The molecule has 2 aliphatic heterocycles. The monoisotopic (exact) mass is 268 g/mol. The second kappa shape index (κ2) is 5.39. The molecule has 4 unspecified atom stereocenters. The molecule has 108 valence electrons. The number of nitrogens with zero attached hydrogens (tertiary/aromatic N) is 2. The first-order valence-electron chi connectivity index (χ1n) is 7.18. The van der Waals surface area contributed by atoms with Crippen LogP contribution in [0.5, 0.6) is 0 Å². The summed E-state index contributed by atoms with van der Waals surface area (Å²) in [6, 6.07) is -0.174. The van der Waals surface area contributed by atoms with Gasteiger partial charge in [-0.3, -0.25) is 4.79 Å². The van der Waals surface area contributed by atoms with Crippen molar-refractivity contribution < 1.29 is 14.7 Å². The van der Waals surface area contributed by atoms with Crippen molar-refractivity contribution in [2.75, 3.05) is 19.6 Å². The van der Waals surface area contributed by atoms with Gasteiger partial charge < -0.3 is 14.9 Å². The van der Waals surface area contributed by atoms with E-state index >= 15 is 0 Å². The molecule has 2 rings (SSSR count). The quantitative estimate of drug-likeness (QED) is 0.790. The van der Waals surface area contributed by atoms with Gasteiger partial charge in [-0.1, -0.05) is 13.8 Å². The maximum atomic E-state index is 12.5. The molecule has 0 bridgehead atoms. The standard InChI is InChI=1S/C14H24N2O3/c1-9-6-10(2)8-15(7-9)14(19)16-5-4-12(11(16)3)13(17)18/h9-12H,4-8H2,1-3H3,(H,17,18). The first-order chi connectivity index (χ1) is 8.90. The molecule has 2 saturated heterocycles. The van der Waals surface area contributed by atoms with Crippen LogP contribution in [0.1, 0.15) is 33.6 Å². The lowest BCUT2D eigenvalue weighted by Crippen LogP contribution is -2.50.